The summed E-state index contributed by atoms with van der Waals surface area (Å²) in [4.78, 5) is 10.5. The van der Waals surface area contributed by atoms with Crippen LogP contribution in [0.2, 0.25) is 0 Å². The molecule has 0 aliphatic carbocycles. The SMILES string of the molecule is CC(=O)NCC=C=Cc1ccc(I)cc1. The fourth-order valence-corrected chi connectivity index (χ4v) is 1.33. The van der Waals surface area contributed by atoms with E-state index < -0.39 is 0 Å². The molecule has 1 amide bonds. The van der Waals surface area contributed by atoms with Crippen LogP contribution in [0.5, 0.6) is 0 Å². The molecule has 0 unspecified atom stereocenters. The third kappa shape index (κ3) is 5.40. The molecular weight excluding hydrogens is 301 g/mol. The second kappa shape index (κ2) is 6.43. The Kier molecular flexibility index (Phi) is 5.15. The molecule has 0 bridgehead atoms. The smallest absolute Gasteiger partial charge is 0.217 e. The first kappa shape index (κ1) is 12.0. The zero-order valence-corrected chi connectivity index (χ0v) is 10.6. The van der Waals surface area contributed by atoms with Crippen molar-refractivity contribution < 1.29 is 4.79 Å². The van der Waals surface area contributed by atoms with Gasteiger partial charge in [0.1, 0.15) is 0 Å². The molecule has 15 heavy (non-hydrogen) atoms. The van der Waals surface area contributed by atoms with E-state index >= 15 is 0 Å². The van der Waals surface area contributed by atoms with Gasteiger partial charge in [-0.05, 0) is 52.4 Å². The molecule has 0 heterocycles. The maximum atomic E-state index is 10.5. The van der Waals surface area contributed by atoms with E-state index in [0.717, 1.165) is 5.56 Å². The normalized spacial score (nSPS) is 8.93. The van der Waals surface area contributed by atoms with E-state index in [1.165, 1.54) is 10.5 Å². The van der Waals surface area contributed by atoms with Crippen molar-refractivity contribution >= 4 is 34.6 Å². The van der Waals surface area contributed by atoms with E-state index in [4.69, 9.17) is 0 Å². The Bertz CT molecular complexity index is 389. The summed E-state index contributed by atoms with van der Waals surface area (Å²) in [6.45, 7) is 2.02. The second-order valence-electron chi connectivity index (χ2n) is 3.00. The third-order valence-corrected chi connectivity index (χ3v) is 2.41. The summed E-state index contributed by atoms with van der Waals surface area (Å²) >= 11 is 2.27. The molecule has 0 aliphatic heterocycles. The minimum absolute atomic E-state index is 0.0256. The van der Waals surface area contributed by atoms with Gasteiger partial charge in [-0.15, -0.1) is 5.73 Å². The predicted molar refractivity (Wildman–Crippen MR) is 70.4 cm³/mol. The Morgan fingerprint density at radius 2 is 2.13 bits per heavy atom. The zero-order chi connectivity index (χ0) is 11.1. The maximum Gasteiger partial charge on any atom is 0.217 e. The lowest BCUT2D eigenvalue weighted by molar-refractivity contribution is -0.118. The van der Waals surface area contributed by atoms with Crippen molar-refractivity contribution in [2.45, 2.75) is 6.92 Å². The summed E-state index contributed by atoms with van der Waals surface area (Å²) in [6, 6.07) is 8.14. The van der Waals surface area contributed by atoms with Gasteiger partial charge in [-0.25, -0.2) is 0 Å². The first-order valence-electron chi connectivity index (χ1n) is 4.59. The average Bonchev–Trinajstić information content (AvgIpc) is 2.20. The van der Waals surface area contributed by atoms with E-state index in [-0.39, 0.29) is 5.91 Å². The number of rotatable bonds is 3. The quantitative estimate of drug-likeness (QED) is 0.674. The van der Waals surface area contributed by atoms with Gasteiger partial charge in [-0.2, -0.15) is 0 Å². The van der Waals surface area contributed by atoms with Crippen molar-refractivity contribution in [3.05, 3.63) is 45.2 Å². The lowest BCUT2D eigenvalue weighted by atomic mass is 10.2. The van der Waals surface area contributed by atoms with Gasteiger partial charge in [0, 0.05) is 17.0 Å². The average molecular weight is 313 g/mol. The number of hydrogen-bond donors (Lipinski definition) is 1. The zero-order valence-electron chi connectivity index (χ0n) is 8.46. The molecule has 0 fully saturated rings. The maximum absolute atomic E-state index is 10.5. The summed E-state index contributed by atoms with van der Waals surface area (Å²) in [6.07, 6.45) is 3.68. The number of benzene rings is 1. The summed E-state index contributed by atoms with van der Waals surface area (Å²) in [5.41, 5.74) is 4.12. The van der Waals surface area contributed by atoms with E-state index in [9.17, 15) is 4.79 Å². The monoisotopic (exact) mass is 313 g/mol. The fraction of sp³-hybridized carbons (Fsp3) is 0.167. The van der Waals surface area contributed by atoms with Crippen LogP contribution < -0.4 is 5.32 Å². The summed E-state index contributed by atoms with van der Waals surface area (Å²) < 4.78 is 1.21. The van der Waals surface area contributed by atoms with Crippen molar-refractivity contribution in [3.8, 4) is 0 Å². The Morgan fingerprint density at radius 1 is 1.47 bits per heavy atom. The Labute approximate surface area is 103 Å². The van der Waals surface area contributed by atoms with Crippen molar-refractivity contribution in [2.75, 3.05) is 6.54 Å². The number of amides is 1. The molecule has 0 atom stereocenters. The van der Waals surface area contributed by atoms with Crippen LogP contribution in [0.1, 0.15) is 12.5 Å². The number of halogens is 1. The van der Waals surface area contributed by atoms with Crippen molar-refractivity contribution in [1.29, 1.82) is 0 Å². The van der Waals surface area contributed by atoms with E-state index in [2.05, 4.69) is 33.6 Å². The van der Waals surface area contributed by atoms with Crippen LogP contribution in [0, 0.1) is 3.57 Å². The molecule has 0 saturated carbocycles. The number of nitrogens with one attached hydrogen (secondary N) is 1. The van der Waals surface area contributed by atoms with E-state index in [1.807, 2.05) is 30.3 Å². The highest BCUT2D eigenvalue weighted by Crippen LogP contribution is 2.07. The highest BCUT2D eigenvalue weighted by Gasteiger charge is 1.86. The molecule has 1 rings (SSSR count). The van der Waals surface area contributed by atoms with Crippen molar-refractivity contribution in [3.63, 3.8) is 0 Å². The van der Waals surface area contributed by atoms with Crippen LogP contribution in [0.4, 0.5) is 0 Å². The molecular formula is C12H12INO. The molecule has 1 aromatic carbocycles. The summed E-state index contributed by atoms with van der Waals surface area (Å²) in [7, 11) is 0. The van der Waals surface area contributed by atoms with Crippen LogP contribution in [0.15, 0.2) is 36.1 Å². The van der Waals surface area contributed by atoms with Gasteiger partial charge in [0.2, 0.25) is 5.91 Å². The standard InChI is InChI=1S/C12H12INO/c1-10(15)14-9-3-2-4-11-5-7-12(13)8-6-11/h3-8H,9H2,1H3,(H,14,15). The molecule has 0 spiro atoms. The van der Waals surface area contributed by atoms with Gasteiger partial charge in [0.25, 0.3) is 0 Å². The summed E-state index contributed by atoms with van der Waals surface area (Å²) in [5, 5.41) is 2.66. The van der Waals surface area contributed by atoms with Gasteiger partial charge >= 0.3 is 0 Å². The van der Waals surface area contributed by atoms with Crippen LogP contribution >= 0.6 is 22.6 Å². The first-order valence-corrected chi connectivity index (χ1v) is 5.67. The van der Waals surface area contributed by atoms with Crippen LogP contribution in [-0.4, -0.2) is 12.5 Å². The first-order chi connectivity index (χ1) is 7.18. The number of hydrogen-bond acceptors (Lipinski definition) is 1. The third-order valence-electron chi connectivity index (χ3n) is 1.69. The van der Waals surface area contributed by atoms with Crippen molar-refractivity contribution in [1.82, 2.24) is 5.32 Å². The van der Waals surface area contributed by atoms with Gasteiger partial charge < -0.3 is 5.32 Å². The van der Waals surface area contributed by atoms with Crippen LogP contribution in [-0.2, 0) is 4.79 Å². The molecule has 78 valence electrons. The molecule has 2 nitrogen and oxygen atoms in total. The van der Waals surface area contributed by atoms with Gasteiger partial charge in [-0.1, -0.05) is 12.1 Å². The molecule has 1 aromatic rings. The lowest BCUT2D eigenvalue weighted by Gasteiger charge is -1.92. The van der Waals surface area contributed by atoms with Crippen LogP contribution in [0.3, 0.4) is 0 Å². The van der Waals surface area contributed by atoms with E-state index in [0.29, 0.717) is 6.54 Å². The van der Waals surface area contributed by atoms with Crippen LogP contribution in [0.25, 0.3) is 6.08 Å². The topological polar surface area (TPSA) is 29.1 Å². The van der Waals surface area contributed by atoms with Gasteiger partial charge in [0.15, 0.2) is 0 Å². The Hall–Kier alpha value is -1.06. The number of carbonyl (C=O) groups is 1. The Morgan fingerprint density at radius 3 is 2.73 bits per heavy atom. The predicted octanol–water partition coefficient (Wildman–Crippen LogP) is 2.60. The van der Waals surface area contributed by atoms with Crippen molar-refractivity contribution in [2.24, 2.45) is 0 Å². The number of carbonyl (C=O) groups excluding carboxylic acids is 1. The lowest BCUT2D eigenvalue weighted by Crippen LogP contribution is -2.18. The Balaban J connectivity index is 2.50. The van der Waals surface area contributed by atoms with Gasteiger partial charge in [0.05, 0.1) is 0 Å². The minimum Gasteiger partial charge on any atom is -0.352 e. The second-order valence-corrected chi connectivity index (χ2v) is 4.25. The highest BCUT2D eigenvalue weighted by atomic mass is 127. The molecule has 0 aliphatic rings. The minimum atomic E-state index is -0.0256. The highest BCUT2D eigenvalue weighted by molar-refractivity contribution is 14.1. The molecule has 1 N–H and O–H groups in total. The van der Waals surface area contributed by atoms with Gasteiger partial charge in [-0.3, -0.25) is 4.79 Å². The van der Waals surface area contributed by atoms with E-state index in [1.54, 1.807) is 6.08 Å². The molecule has 0 radical (unpaired) electrons. The fourth-order valence-electron chi connectivity index (χ4n) is 0.968. The largest absolute Gasteiger partial charge is 0.352 e. The molecule has 0 saturated heterocycles. The summed E-state index contributed by atoms with van der Waals surface area (Å²) in [5.74, 6) is -0.0256. The molecule has 0 aromatic heterocycles. The molecule has 3 heteroatoms.